The van der Waals surface area contributed by atoms with Gasteiger partial charge in [-0.25, -0.2) is 4.79 Å². The Kier molecular flexibility index (Phi) is 8.47. The average Bonchev–Trinajstić information content (AvgIpc) is 3.21. The van der Waals surface area contributed by atoms with Crippen LogP contribution in [-0.2, 0) is 16.0 Å². The summed E-state index contributed by atoms with van der Waals surface area (Å²) < 4.78 is 0. The lowest BCUT2D eigenvalue weighted by Crippen LogP contribution is -2.58. The van der Waals surface area contributed by atoms with E-state index < -0.39 is 5.54 Å². The van der Waals surface area contributed by atoms with Crippen molar-refractivity contribution in [3.63, 3.8) is 0 Å². The normalized spacial score (nSPS) is 16.4. The van der Waals surface area contributed by atoms with Gasteiger partial charge in [-0.1, -0.05) is 65.7 Å². The summed E-state index contributed by atoms with van der Waals surface area (Å²) in [6.07, 6.45) is 1.49. The molecule has 3 aromatic carbocycles. The smallest absolute Gasteiger partial charge is 0.321 e. The van der Waals surface area contributed by atoms with Gasteiger partial charge in [0.25, 0.3) is 5.91 Å². The van der Waals surface area contributed by atoms with Gasteiger partial charge >= 0.3 is 6.03 Å². The number of para-hydroxylation sites is 2. The summed E-state index contributed by atoms with van der Waals surface area (Å²) in [5, 5.41) is 6.95. The maximum Gasteiger partial charge on any atom is 0.321 e. The van der Waals surface area contributed by atoms with E-state index in [0.29, 0.717) is 55.6 Å². The van der Waals surface area contributed by atoms with Crippen molar-refractivity contribution in [2.24, 2.45) is 0 Å². The number of piperidine rings is 1. The standard InChI is InChI=1S/C30H31Cl2N5O3/c31-23-12-11-22(26(32)19-23)13-16-33-27(38)20-36-21-37(25-9-5-2-6-10-25)30(28(36)39)14-17-35(18-15-30)29(40)34-24-7-3-1-4-8-24/h1-12,19H,13-18,20-21H2,(H,33,38)(H,34,40). The molecular weight excluding hydrogens is 549 g/mol. The quantitative estimate of drug-likeness (QED) is 0.411. The van der Waals surface area contributed by atoms with E-state index in [1.165, 1.54) is 0 Å². The number of halogens is 2. The van der Waals surface area contributed by atoms with Crippen LogP contribution in [0.2, 0.25) is 10.0 Å². The van der Waals surface area contributed by atoms with Crippen LogP contribution in [-0.4, -0.2) is 66.0 Å². The van der Waals surface area contributed by atoms with Crippen molar-refractivity contribution in [2.45, 2.75) is 24.8 Å². The summed E-state index contributed by atoms with van der Waals surface area (Å²) in [5.74, 6) is -0.321. The number of hydrogen-bond donors (Lipinski definition) is 2. The monoisotopic (exact) mass is 579 g/mol. The van der Waals surface area contributed by atoms with Crippen molar-refractivity contribution in [1.29, 1.82) is 0 Å². The number of anilines is 2. The van der Waals surface area contributed by atoms with Crippen LogP contribution in [0.4, 0.5) is 16.2 Å². The van der Waals surface area contributed by atoms with E-state index in [1.807, 2.05) is 66.7 Å². The molecule has 3 aromatic rings. The summed E-state index contributed by atoms with van der Waals surface area (Å²) in [6, 6.07) is 24.2. The highest BCUT2D eigenvalue weighted by Gasteiger charge is 2.54. The van der Waals surface area contributed by atoms with E-state index >= 15 is 0 Å². The number of nitrogens with zero attached hydrogens (tertiary/aromatic N) is 3. The molecule has 0 aliphatic carbocycles. The third kappa shape index (κ3) is 6.03. The molecule has 0 radical (unpaired) electrons. The number of nitrogens with one attached hydrogen (secondary N) is 2. The van der Waals surface area contributed by atoms with Gasteiger partial charge in [-0.15, -0.1) is 0 Å². The van der Waals surface area contributed by atoms with E-state index in [-0.39, 0.29) is 24.4 Å². The van der Waals surface area contributed by atoms with Gasteiger partial charge in [0.2, 0.25) is 5.91 Å². The lowest BCUT2D eigenvalue weighted by molar-refractivity contribution is -0.137. The summed E-state index contributed by atoms with van der Waals surface area (Å²) in [4.78, 5) is 45.1. The molecule has 0 saturated carbocycles. The van der Waals surface area contributed by atoms with E-state index in [4.69, 9.17) is 23.2 Å². The first kappa shape index (κ1) is 27.8. The Hall–Kier alpha value is -3.75. The van der Waals surface area contributed by atoms with Crippen molar-refractivity contribution in [2.75, 3.05) is 43.1 Å². The highest BCUT2D eigenvalue weighted by Crippen LogP contribution is 2.39. The third-order valence-electron chi connectivity index (χ3n) is 7.55. The maximum atomic E-state index is 13.9. The first-order chi connectivity index (χ1) is 19.4. The van der Waals surface area contributed by atoms with Gasteiger partial charge in [0.1, 0.15) is 12.1 Å². The lowest BCUT2D eigenvalue weighted by Gasteiger charge is -2.43. The second-order valence-electron chi connectivity index (χ2n) is 10.1. The van der Waals surface area contributed by atoms with Crippen LogP contribution in [0.5, 0.6) is 0 Å². The number of benzene rings is 3. The van der Waals surface area contributed by atoms with Crippen LogP contribution in [0, 0.1) is 0 Å². The zero-order valence-electron chi connectivity index (χ0n) is 22.0. The van der Waals surface area contributed by atoms with Gasteiger partial charge < -0.3 is 25.3 Å². The Bertz CT molecular complexity index is 1360. The third-order valence-corrected chi connectivity index (χ3v) is 8.14. The predicted molar refractivity (Wildman–Crippen MR) is 158 cm³/mol. The van der Waals surface area contributed by atoms with Crippen molar-refractivity contribution >= 4 is 52.4 Å². The highest BCUT2D eigenvalue weighted by atomic mass is 35.5. The number of urea groups is 1. The molecular formula is C30H31Cl2N5O3. The molecule has 208 valence electrons. The number of carbonyl (C=O) groups excluding carboxylic acids is 3. The number of hydrogen-bond acceptors (Lipinski definition) is 4. The Labute approximate surface area is 243 Å². The van der Waals surface area contributed by atoms with Gasteiger partial charge in [-0.3, -0.25) is 9.59 Å². The molecule has 2 saturated heterocycles. The van der Waals surface area contributed by atoms with Crippen molar-refractivity contribution in [3.8, 4) is 0 Å². The van der Waals surface area contributed by atoms with Gasteiger partial charge in [0.15, 0.2) is 0 Å². The van der Waals surface area contributed by atoms with E-state index in [1.54, 1.807) is 21.9 Å². The van der Waals surface area contributed by atoms with Crippen molar-refractivity contribution in [3.05, 3.63) is 94.5 Å². The maximum absolute atomic E-state index is 13.9. The molecule has 4 amide bonds. The molecule has 2 fully saturated rings. The minimum absolute atomic E-state index is 0.0452. The largest absolute Gasteiger partial charge is 0.354 e. The van der Waals surface area contributed by atoms with E-state index in [9.17, 15) is 14.4 Å². The number of rotatable bonds is 7. The van der Waals surface area contributed by atoms with Crippen LogP contribution >= 0.6 is 23.2 Å². The topological polar surface area (TPSA) is 85.0 Å². The van der Waals surface area contributed by atoms with Crippen LogP contribution < -0.4 is 15.5 Å². The first-order valence-electron chi connectivity index (χ1n) is 13.3. The molecule has 40 heavy (non-hydrogen) atoms. The number of amides is 4. The summed E-state index contributed by atoms with van der Waals surface area (Å²) in [5.41, 5.74) is 1.72. The van der Waals surface area contributed by atoms with Crippen LogP contribution in [0.3, 0.4) is 0 Å². The summed E-state index contributed by atoms with van der Waals surface area (Å²) in [7, 11) is 0. The predicted octanol–water partition coefficient (Wildman–Crippen LogP) is 5.03. The molecule has 2 heterocycles. The molecule has 1 spiro atoms. The zero-order chi connectivity index (χ0) is 28.1. The summed E-state index contributed by atoms with van der Waals surface area (Å²) >= 11 is 12.2. The first-order valence-corrected chi connectivity index (χ1v) is 14.0. The van der Waals surface area contributed by atoms with E-state index in [2.05, 4.69) is 15.5 Å². The Morgan fingerprint density at radius 2 is 1.57 bits per heavy atom. The SMILES string of the molecule is O=C(CN1CN(c2ccccc2)C2(CCN(C(=O)Nc3ccccc3)CC2)C1=O)NCCc1ccc(Cl)cc1Cl. The number of carbonyl (C=O) groups is 3. The Balaban J connectivity index is 1.23. The highest BCUT2D eigenvalue weighted by molar-refractivity contribution is 6.35. The average molecular weight is 581 g/mol. The van der Waals surface area contributed by atoms with Gasteiger partial charge in [-0.05, 0) is 61.2 Å². The molecule has 2 aliphatic heterocycles. The van der Waals surface area contributed by atoms with Gasteiger partial charge in [-0.2, -0.15) is 0 Å². The summed E-state index contributed by atoms with van der Waals surface area (Å²) in [6.45, 7) is 1.50. The second-order valence-corrected chi connectivity index (χ2v) is 10.9. The molecule has 0 unspecified atom stereocenters. The fraction of sp³-hybridized carbons (Fsp3) is 0.300. The molecule has 0 atom stereocenters. The minimum atomic E-state index is -0.817. The fourth-order valence-electron chi connectivity index (χ4n) is 5.42. The van der Waals surface area contributed by atoms with Crippen LogP contribution in [0.25, 0.3) is 0 Å². The second kappa shape index (κ2) is 12.2. The fourth-order valence-corrected chi connectivity index (χ4v) is 5.92. The lowest BCUT2D eigenvalue weighted by atomic mass is 9.85. The van der Waals surface area contributed by atoms with Crippen LogP contribution in [0.15, 0.2) is 78.9 Å². The van der Waals surface area contributed by atoms with Crippen molar-refractivity contribution in [1.82, 2.24) is 15.1 Å². The molecule has 0 aromatic heterocycles. The molecule has 2 aliphatic rings. The minimum Gasteiger partial charge on any atom is -0.354 e. The molecule has 10 heteroatoms. The number of likely N-dealkylation sites (tertiary alicyclic amines) is 1. The van der Waals surface area contributed by atoms with Gasteiger partial charge in [0.05, 0.1) is 6.67 Å². The molecule has 0 bridgehead atoms. The van der Waals surface area contributed by atoms with Gasteiger partial charge in [0, 0.05) is 41.1 Å². The molecule has 2 N–H and O–H groups in total. The van der Waals surface area contributed by atoms with Crippen molar-refractivity contribution < 1.29 is 14.4 Å². The molecule has 5 rings (SSSR count). The van der Waals surface area contributed by atoms with Crippen LogP contribution in [0.1, 0.15) is 18.4 Å². The Morgan fingerprint density at radius 1 is 0.900 bits per heavy atom. The molecule has 8 nitrogen and oxygen atoms in total. The van der Waals surface area contributed by atoms with E-state index in [0.717, 1.165) is 16.9 Å². The zero-order valence-corrected chi connectivity index (χ0v) is 23.5. The Morgan fingerprint density at radius 3 is 2.25 bits per heavy atom.